The molecule has 4 N–H and O–H groups in total. The molecule has 0 aliphatic heterocycles. The summed E-state index contributed by atoms with van der Waals surface area (Å²) in [7, 11) is 0. The number of nitrogens with two attached hydrogens (primary N) is 1. The first kappa shape index (κ1) is 7.27. The summed E-state index contributed by atoms with van der Waals surface area (Å²) >= 11 is 3.25. The van der Waals surface area contributed by atoms with Gasteiger partial charge >= 0.3 is 0 Å². The molecule has 54 valence electrons. The molecular weight excluding hydrogens is 196 g/mol. The van der Waals surface area contributed by atoms with E-state index in [1.807, 2.05) is 0 Å². The molecule has 0 aliphatic rings. The van der Waals surface area contributed by atoms with Gasteiger partial charge in [-0.1, -0.05) is 0 Å². The van der Waals surface area contributed by atoms with Crippen LogP contribution < -0.4 is 5.73 Å². The minimum atomic E-state index is 0.130. The Morgan fingerprint density at radius 2 is 2.60 bits per heavy atom. The van der Waals surface area contributed by atoms with E-state index in [2.05, 4.69) is 26.1 Å². The fourth-order valence-electron chi connectivity index (χ4n) is 0.613. The lowest BCUT2D eigenvalue weighted by molar-refractivity contribution is 1.02. The van der Waals surface area contributed by atoms with Crippen molar-refractivity contribution in [2.45, 2.75) is 6.42 Å². The molecule has 0 saturated carbocycles. The molecular formula is C5H7BrN4. The first-order valence-electron chi connectivity index (χ1n) is 2.71. The van der Waals surface area contributed by atoms with Gasteiger partial charge in [-0.2, -0.15) is 5.10 Å². The Kier molecular flexibility index (Phi) is 2.06. The maximum atomic E-state index is 6.98. The molecule has 0 fully saturated rings. The standard InChI is InChI=1S/C5H7BrN4/c6-3-2-9-10-4(3)1-5(7)8/h2H,1H2,(H3,7,8)(H,9,10). The van der Waals surface area contributed by atoms with Crippen LogP contribution >= 0.6 is 15.9 Å². The summed E-state index contributed by atoms with van der Waals surface area (Å²) in [6.45, 7) is 0. The number of amidine groups is 1. The topological polar surface area (TPSA) is 78.5 Å². The Bertz CT molecular complexity index is 242. The summed E-state index contributed by atoms with van der Waals surface area (Å²) in [4.78, 5) is 0. The molecule has 10 heavy (non-hydrogen) atoms. The first-order valence-corrected chi connectivity index (χ1v) is 3.50. The van der Waals surface area contributed by atoms with Gasteiger partial charge in [0.15, 0.2) is 0 Å². The molecule has 0 amide bonds. The van der Waals surface area contributed by atoms with E-state index in [9.17, 15) is 0 Å². The highest BCUT2D eigenvalue weighted by molar-refractivity contribution is 9.10. The molecule has 1 rings (SSSR count). The van der Waals surface area contributed by atoms with Gasteiger partial charge in [-0.15, -0.1) is 0 Å². The fraction of sp³-hybridized carbons (Fsp3) is 0.200. The third-order valence-electron chi connectivity index (χ3n) is 1.03. The zero-order valence-electron chi connectivity index (χ0n) is 5.19. The highest BCUT2D eigenvalue weighted by atomic mass is 79.9. The summed E-state index contributed by atoms with van der Waals surface area (Å²) in [6.07, 6.45) is 2.05. The Morgan fingerprint density at radius 1 is 1.90 bits per heavy atom. The van der Waals surface area contributed by atoms with Crippen LogP contribution in [-0.4, -0.2) is 16.0 Å². The number of nitrogens with zero attached hydrogens (tertiary/aromatic N) is 1. The summed E-state index contributed by atoms with van der Waals surface area (Å²) in [5, 5.41) is 13.4. The molecule has 0 saturated heterocycles. The van der Waals surface area contributed by atoms with Gasteiger partial charge in [0.05, 0.1) is 22.2 Å². The van der Waals surface area contributed by atoms with Gasteiger partial charge in [-0.3, -0.25) is 10.5 Å². The molecule has 0 unspecified atom stereocenters. The average molecular weight is 203 g/mol. The van der Waals surface area contributed by atoms with Crippen LogP contribution in [0.15, 0.2) is 10.7 Å². The summed E-state index contributed by atoms with van der Waals surface area (Å²) < 4.78 is 0.864. The van der Waals surface area contributed by atoms with Crippen LogP contribution in [0, 0.1) is 5.41 Å². The number of rotatable bonds is 2. The van der Waals surface area contributed by atoms with Crippen LogP contribution in [0.1, 0.15) is 5.69 Å². The van der Waals surface area contributed by atoms with Crippen molar-refractivity contribution < 1.29 is 0 Å². The maximum absolute atomic E-state index is 6.98. The van der Waals surface area contributed by atoms with E-state index in [-0.39, 0.29) is 5.84 Å². The van der Waals surface area contributed by atoms with Crippen LogP contribution in [0.3, 0.4) is 0 Å². The maximum Gasteiger partial charge on any atom is 0.0966 e. The number of hydrogen-bond donors (Lipinski definition) is 3. The molecule has 0 aliphatic carbocycles. The lowest BCUT2D eigenvalue weighted by Gasteiger charge is -1.93. The SMILES string of the molecule is N=C(N)Cc1[nH]ncc1Br. The molecule has 1 aromatic rings. The van der Waals surface area contributed by atoms with Crippen molar-refractivity contribution in [3.63, 3.8) is 0 Å². The second kappa shape index (κ2) is 2.83. The van der Waals surface area contributed by atoms with Crippen LogP contribution in [0.5, 0.6) is 0 Å². The lowest BCUT2D eigenvalue weighted by Crippen LogP contribution is -2.13. The van der Waals surface area contributed by atoms with E-state index >= 15 is 0 Å². The molecule has 5 heteroatoms. The number of aromatic nitrogens is 2. The van der Waals surface area contributed by atoms with E-state index in [0.717, 1.165) is 10.2 Å². The highest BCUT2D eigenvalue weighted by Crippen LogP contribution is 2.12. The first-order chi connectivity index (χ1) is 4.70. The van der Waals surface area contributed by atoms with Crippen LogP contribution in [0.2, 0.25) is 0 Å². The summed E-state index contributed by atoms with van der Waals surface area (Å²) in [6, 6.07) is 0. The van der Waals surface area contributed by atoms with Crippen molar-refractivity contribution in [3.8, 4) is 0 Å². The van der Waals surface area contributed by atoms with Crippen molar-refractivity contribution >= 4 is 21.8 Å². The predicted octanol–water partition coefficient (Wildman–Crippen LogP) is 0.651. The van der Waals surface area contributed by atoms with Gasteiger partial charge in [-0.25, -0.2) is 0 Å². The number of hydrogen-bond acceptors (Lipinski definition) is 2. The second-order valence-electron chi connectivity index (χ2n) is 1.90. The van der Waals surface area contributed by atoms with Gasteiger partial charge in [0, 0.05) is 6.42 Å². The molecule has 1 heterocycles. The minimum absolute atomic E-state index is 0.130. The molecule has 0 atom stereocenters. The van der Waals surface area contributed by atoms with E-state index in [4.69, 9.17) is 11.1 Å². The molecule has 0 spiro atoms. The Morgan fingerprint density at radius 3 is 3.00 bits per heavy atom. The minimum Gasteiger partial charge on any atom is -0.387 e. The Balaban J connectivity index is 2.74. The van der Waals surface area contributed by atoms with Crippen LogP contribution in [0.4, 0.5) is 0 Å². The van der Waals surface area contributed by atoms with E-state index in [1.165, 1.54) is 0 Å². The van der Waals surface area contributed by atoms with Crippen LogP contribution in [-0.2, 0) is 6.42 Å². The molecule has 0 aromatic carbocycles. The van der Waals surface area contributed by atoms with E-state index < -0.39 is 0 Å². The number of nitrogens with one attached hydrogen (secondary N) is 2. The van der Waals surface area contributed by atoms with Crippen molar-refractivity contribution in [2.24, 2.45) is 5.73 Å². The number of aromatic amines is 1. The third-order valence-corrected chi connectivity index (χ3v) is 1.72. The number of halogens is 1. The second-order valence-corrected chi connectivity index (χ2v) is 2.75. The normalized spacial score (nSPS) is 9.70. The largest absolute Gasteiger partial charge is 0.387 e. The smallest absolute Gasteiger partial charge is 0.0966 e. The molecule has 0 radical (unpaired) electrons. The van der Waals surface area contributed by atoms with Crippen LogP contribution in [0.25, 0.3) is 0 Å². The monoisotopic (exact) mass is 202 g/mol. The lowest BCUT2D eigenvalue weighted by atomic mass is 10.3. The van der Waals surface area contributed by atoms with Crippen molar-refractivity contribution in [2.75, 3.05) is 0 Å². The molecule has 0 bridgehead atoms. The van der Waals surface area contributed by atoms with Gasteiger partial charge in [0.25, 0.3) is 0 Å². The van der Waals surface area contributed by atoms with E-state index in [0.29, 0.717) is 6.42 Å². The molecule has 4 nitrogen and oxygen atoms in total. The Labute approximate surface area is 66.5 Å². The average Bonchev–Trinajstić information content (AvgIpc) is 2.15. The quantitative estimate of drug-likeness (QED) is 0.487. The van der Waals surface area contributed by atoms with Crippen molar-refractivity contribution in [3.05, 3.63) is 16.4 Å². The highest BCUT2D eigenvalue weighted by Gasteiger charge is 2.01. The van der Waals surface area contributed by atoms with Gasteiger partial charge in [-0.05, 0) is 15.9 Å². The summed E-state index contributed by atoms with van der Waals surface area (Å²) in [5.41, 5.74) is 6.01. The van der Waals surface area contributed by atoms with E-state index in [1.54, 1.807) is 6.20 Å². The molecule has 1 aromatic heterocycles. The van der Waals surface area contributed by atoms with Gasteiger partial charge in [0.2, 0.25) is 0 Å². The van der Waals surface area contributed by atoms with Gasteiger partial charge < -0.3 is 5.73 Å². The summed E-state index contributed by atoms with van der Waals surface area (Å²) in [5.74, 6) is 0.130. The van der Waals surface area contributed by atoms with Crippen molar-refractivity contribution in [1.29, 1.82) is 5.41 Å². The van der Waals surface area contributed by atoms with Gasteiger partial charge in [0.1, 0.15) is 0 Å². The van der Waals surface area contributed by atoms with Crippen molar-refractivity contribution in [1.82, 2.24) is 10.2 Å². The number of H-pyrrole nitrogens is 1. The Hall–Kier alpha value is -0.840. The fourth-order valence-corrected chi connectivity index (χ4v) is 0.944. The predicted molar refractivity (Wildman–Crippen MR) is 41.9 cm³/mol. The zero-order valence-corrected chi connectivity index (χ0v) is 6.77. The zero-order chi connectivity index (χ0) is 7.56. The third kappa shape index (κ3) is 1.57.